The molecule has 0 aliphatic carbocycles. The largest absolute Gasteiger partial charge is 0.134 e. The summed E-state index contributed by atoms with van der Waals surface area (Å²) in [6.07, 6.45) is 8.88. The number of hydrogen-bond acceptors (Lipinski definition) is 2. The van der Waals surface area contributed by atoms with E-state index in [2.05, 4.69) is 484 Å². The zero-order valence-corrected chi connectivity index (χ0v) is 69.0. The van der Waals surface area contributed by atoms with Crippen molar-refractivity contribution in [1.29, 1.82) is 0 Å². The van der Waals surface area contributed by atoms with Gasteiger partial charge in [-0.15, -0.1) is 22.7 Å². The summed E-state index contributed by atoms with van der Waals surface area (Å²) in [6.45, 7) is 0. The van der Waals surface area contributed by atoms with Gasteiger partial charge in [-0.3, -0.25) is 0 Å². The van der Waals surface area contributed by atoms with Gasteiger partial charge >= 0.3 is 0 Å². The maximum absolute atomic E-state index is 3.66. The molecule has 0 atom stereocenters. The van der Waals surface area contributed by atoms with E-state index in [1.807, 2.05) is 22.7 Å². The molecule has 124 heavy (non-hydrogen) atoms. The third-order valence-electron chi connectivity index (χ3n) is 23.7. The lowest BCUT2D eigenvalue weighted by Crippen LogP contribution is -1.92. The van der Waals surface area contributed by atoms with Crippen LogP contribution >= 0.6 is 22.7 Å². The van der Waals surface area contributed by atoms with Crippen molar-refractivity contribution in [2.75, 3.05) is 0 Å². The third-order valence-corrected chi connectivity index (χ3v) is 26.2. The van der Waals surface area contributed by atoms with E-state index in [0.717, 1.165) is 76.8 Å². The van der Waals surface area contributed by atoms with Crippen LogP contribution in [-0.2, 0) is 0 Å². The van der Waals surface area contributed by atoms with E-state index in [0.29, 0.717) is 0 Å². The first-order chi connectivity index (χ1) is 61.3. The van der Waals surface area contributed by atoms with E-state index < -0.39 is 0 Å². The molecule has 2 heteroatoms. The maximum atomic E-state index is 3.66. The average molecular weight is 1600 g/mol. The fraction of sp³-hybridized carbons (Fsp3) is 0. The minimum absolute atomic E-state index is 1.00. The summed E-state index contributed by atoms with van der Waals surface area (Å²) >= 11 is 3.82. The zero-order valence-electron chi connectivity index (χ0n) is 67.4. The van der Waals surface area contributed by atoms with E-state index in [4.69, 9.17) is 0 Å². The monoisotopic (exact) mass is 1600 g/mol. The van der Waals surface area contributed by atoms with Crippen LogP contribution in [0.4, 0.5) is 0 Å². The van der Waals surface area contributed by atoms with Crippen molar-refractivity contribution in [2.24, 2.45) is 0 Å². The quantitative estimate of drug-likeness (QED) is 0.0936. The Morgan fingerprint density at radius 1 is 0.153 bits per heavy atom. The molecule has 0 aliphatic rings. The number of rotatable bonds is 4. The molecule has 24 aromatic rings. The van der Waals surface area contributed by atoms with Gasteiger partial charge in [0.05, 0.1) is 9.40 Å². The van der Waals surface area contributed by atoms with Gasteiger partial charge in [-0.05, 0) is 273 Å². The minimum atomic E-state index is 1.00. The number of hydrogen-bond donors (Lipinski definition) is 0. The zero-order chi connectivity index (χ0) is 82.2. The van der Waals surface area contributed by atoms with Crippen LogP contribution in [0.3, 0.4) is 0 Å². The Morgan fingerprint density at radius 3 is 0.694 bits per heavy atom. The molecule has 0 spiro atoms. The van der Waals surface area contributed by atoms with E-state index in [-0.39, 0.29) is 0 Å². The first-order valence-electron chi connectivity index (χ1n) is 41.9. The highest BCUT2D eigenvalue weighted by Gasteiger charge is 2.17. The summed E-state index contributed by atoms with van der Waals surface area (Å²) in [5.41, 5.74) is 13.1. The first kappa shape index (κ1) is 74.2. The molecule has 0 saturated heterocycles. The van der Waals surface area contributed by atoms with E-state index in [1.54, 1.807) is 0 Å². The van der Waals surface area contributed by atoms with Crippen LogP contribution in [0.15, 0.2) is 413 Å². The molecule has 2 heterocycles. The van der Waals surface area contributed by atoms with E-state index in [1.165, 1.54) is 149 Å². The van der Waals surface area contributed by atoms with Crippen molar-refractivity contribution in [1.82, 2.24) is 0 Å². The van der Waals surface area contributed by atoms with Crippen molar-refractivity contribution >= 4 is 206 Å². The topological polar surface area (TPSA) is 0 Å². The Labute approximate surface area is 726 Å². The standard InChI is InChI=1S/C46H26.C38H24S2.C38H22/c1-3-11-35-25-31(17-21-33(35)9-1)19-23-41-43-27-37-13-5-7-15-39(37)29-45(43)42(46-30-40-16-8-6-14-38(40)28-44(41)46)24-20-32-18-22-34-10-2-4-12-36(34)26-32;1-3-7-31-21-25(13-17-29(31)5-1)9-11-27-15-19-33-35(23-27)39-38-34-20-16-28(24-36(34)40-37(33)38)12-10-26-14-18-30-6-2-4-8-32(30)22-26;1-3-9-33-23-27(15-19-29(33)7-1)17-21-31-11-5-13-35-26-38-32(12-6-14-36(38)25-37(31)35)22-18-28-16-20-30-8-2-4-10-34(30)24-28/h1-18,21-22,25-30H;1-24H;1-16,19-20,23-26H/b;11-9+,12-10+;. The Morgan fingerprint density at radius 2 is 0.387 bits per heavy atom. The lowest BCUT2D eigenvalue weighted by molar-refractivity contribution is 1.67. The number of benzene rings is 22. The second-order valence-corrected chi connectivity index (χ2v) is 33.8. The molecule has 0 aliphatic heterocycles. The summed E-state index contributed by atoms with van der Waals surface area (Å²) in [6, 6.07) is 147. The molecular weight excluding hydrogens is 1530 g/mol. The molecule has 572 valence electrons. The molecule has 24 rings (SSSR count). The second kappa shape index (κ2) is 32.5. The number of fused-ring (bicyclic) bond motifs is 17. The second-order valence-electron chi connectivity index (χ2n) is 31.6. The Bertz CT molecular complexity index is 8250. The third kappa shape index (κ3) is 15.1. The molecule has 0 fully saturated rings. The van der Waals surface area contributed by atoms with Gasteiger partial charge in [-0.1, -0.05) is 363 Å². The SMILES string of the molecule is C(#Cc1c2cc3ccccc3cc2c(C#Cc2ccc3ccccc3c2)c2cc3ccccc3cc12)c1ccc2ccccc2c1.C(#Cc1cccc2cc3c(C#Cc4ccc5ccccc5c4)cccc3cc12)c1ccc2ccccc2c1.C(=C\c1ccc2c(c1)sc1c3ccc(/C=C/c4ccc5ccccc5c4)cc3sc21)/c1ccc2ccccc2c1. The predicted octanol–water partition coefficient (Wildman–Crippen LogP) is 32.4. The maximum Gasteiger partial charge on any atom is 0.0542 e. The Balaban J connectivity index is 0.000000111. The Kier molecular flexibility index (Phi) is 19.5. The summed E-state index contributed by atoms with van der Waals surface area (Å²) in [4.78, 5) is 0. The van der Waals surface area contributed by atoms with Crippen LogP contribution in [0.2, 0.25) is 0 Å². The molecule has 0 N–H and O–H groups in total. The van der Waals surface area contributed by atoms with Gasteiger partial charge < -0.3 is 0 Å². The fourth-order valence-electron chi connectivity index (χ4n) is 17.3. The molecule has 0 nitrogen and oxygen atoms in total. The summed E-state index contributed by atoms with van der Waals surface area (Å²) < 4.78 is 5.50. The highest BCUT2D eigenvalue weighted by atomic mass is 32.1. The summed E-state index contributed by atoms with van der Waals surface area (Å²) in [5.74, 6) is 28.0. The average Bonchev–Trinajstić information content (AvgIpc) is 1.36. The lowest BCUT2D eigenvalue weighted by Gasteiger charge is -2.14. The molecule has 22 aromatic carbocycles. The van der Waals surface area contributed by atoms with E-state index >= 15 is 0 Å². The van der Waals surface area contributed by atoms with Crippen LogP contribution < -0.4 is 0 Å². The highest BCUT2D eigenvalue weighted by molar-refractivity contribution is 7.36. The fourth-order valence-corrected chi connectivity index (χ4v) is 20.0. The summed E-state index contributed by atoms with van der Waals surface area (Å²) in [7, 11) is 0. The van der Waals surface area contributed by atoms with Crippen molar-refractivity contribution in [2.45, 2.75) is 0 Å². The van der Waals surface area contributed by atoms with Gasteiger partial charge in [0.1, 0.15) is 0 Å². The molecule has 0 radical (unpaired) electrons. The molecule has 0 saturated carbocycles. The molecule has 2 aromatic heterocycles. The van der Waals surface area contributed by atoms with Gasteiger partial charge in [-0.2, -0.15) is 0 Å². The number of thiophene rings is 2. The van der Waals surface area contributed by atoms with Gasteiger partial charge in [-0.25, -0.2) is 0 Å². The highest BCUT2D eigenvalue weighted by Crippen LogP contribution is 2.46. The normalized spacial score (nSPS) is 11.4. The smallest absolute Gasteiger partial charge is 0.0542 e. The van der Waals surface area contributed by atoms with Crippen LogP contribution in [0.25, 0.3) is 183 Å². The molecule has 0 unspecified atom stereocenters. The van der Waals surface area contributed by atoms with Crippen LogP contribution in [0.1, 0.15) is 66.8 Å². The molecular formula is C122H72S2. The van der Waals surface area contributed by atoms with Gasteiger partial charge in [0.15, 0.2) is 0 Å². The molecule has 0 bridgehead atoms. The van der Waals surface area contributed by atoms with Gasteiger partial charge in [0, 0.05) is 64.7 Å². The van der Waals surface area contributed by atoms with Crippen molar-refractivity contribution < 1.29 is 0 Å². The van der Waals surface area contributed by atoms with Gasteiger partial charge in [0.25, 0.3) is 0 Å². The summed E-state index contributed by atoms with van der Waals surface area (Å²) in [5, 5.41) is 31.4. The van der Waals surface area contributed by atoms with Crippen LogP contribution in [0.5, 0.6) is 0 Å². The van der Waals surface area contributed by atoms with Crippen molar-refractivity contribution in [3.63, 3.8) is 0 Å². The van der Waals surface area contributed by atoms with Crippen LogP contribution in [0, 0.1) is 47.4 Å². The minimum Gasteiger partial charge on any atom is -0.134 e. The van der Waals surface area contributed by atoms with E-state index in [9.17, 15) is 0 Å². The van der Waals surface area contributed by atoms with Crippen LogP contribution in [-0.4, -0.2) is 0 Å². The Hall–Kier alpha value is -16.1. The predicted molar refractivity (Wildman–Crippen MR) is 538 cm³/mol. The lowest BCUT2D eigenvalue weighted by atomic mass is 9.88. The van der Waals surface area contributed by atoms with Gasteiger partial charge in [0.2, 0.25) is 0 Å². The molecule has 0 amide bonds. The van der Waals surface area contributed by atoms with Crippen molar-refractivity contribution in [3.8, 4) is 47.4 Å². The van der Waals surface area contributed by atoms with Crippen molar-refractivity contribution in [3.05, 3.63) is 479 Å². The first-order valence-corrected chi connectivity index (χ1v) is 43.5.